The van der Waals surface area contributed by atoms with Gasteiger partial charge in [-0.05, 0) is 35.6 Å². The predicted molar refractivity (Wildman–Crippen MR) is 145 cm³/mol. The van der Waals surface area contributed by atoms with Gasteiger partial charge in [0.25, 0.3) is 0 Å². The number of hydrogen-bond donors (Lipinski definition) is 0. The summed E-state index contributed by atoms with van der Waals surface area (Å²) in [5.41, 5.74) is 2.36. The molecule has 0 bridgehead atoms. The van der Waals surface area contributed by atoms with E-state index in [-0.39, 0.29) is 12.3 Å². The van der Waals surface area contributed by atoms with Crippen molar-refractivity contribution in [1.29, 1.82) is 0 Å². The molecule has 0 spiro atoms. The molecule has 0 radical (unpaired) electrons. The molecule has 4 aliphatic rings. The normalized spacial score (nSPS) is 25.7. The first kappa shape index (κ1) is 24.0. The summed E-state index contributed by atoms with van der Waals surface area (Å²) in [6.07, 6.45) is -0.204. The van der Waals surface area contributed by atoms with E-state index in [4.69, 9.17) is 33.9 Å². The Labute approximate surface area is 223 Å². The number of morpholine rings is 2. The van der Waals surface area contributed by atoms with Crippen LogP contribution in [0.25, 0.3) is 0 Å². The van der Waals surface area contributed by atoms with Crippen LogP contribution >= 0.6 is 24.4 Å². The van der Waals surface area contributed by atoms with E-state index in [0.717, 1.165) is 76.2 Å². The minimum atomic E-state index is -0.102. The fourth-order valence-corrected chi connectivity index (χ4v) is 6.14. The zero-order chi connectivity index (χ0) is 24.5. The molecule has 6 rings (SSSR count). The maximum Gasteiger partial charge on any atom is 0.196 e. The number of benzene rings is 2. The summed E-state index contributed by atoms with van der Waals surface area (Å²) in [5, 5.41) is 6.09. The molecular formula is C26H32N6O2S2. The average Bonchev–Trinajstić information content (AvgIpc) is 3.37. The van der Waals surface area contributed by atoms with Crippen LogP contribution < -0.4 is 0 Å². The second kappa shape index (κ2) is 10.6. The van der Waals surface area contributed by atoms with E-state index < -0.39 is 0 Å². The van der Waals surface area contributed by atoms with Gasteiger partial charge in [0.05, 0.1) is 39.8 Å². The molecule has 2 aromatic carbocycles. The van der Waals surface area contributed by atoms with E-state index in [2.05, 4.69) is 90.3 Å². The molecule has 8 nitrogen and oxygen atoms in total. The lowest BCUT2D eigenvalue weighted by molar-refractivity contribution is 0.00389. The highest BCUT2D eigenvalue weighted by Gasteiger charge is 2.55. The maximum atomic E-state index is 6.24. The second-order valence-electron chi connectivity index (χ2n) is 9.51. The zero-order valence-electron chi connectivity index (χ0n) is 20.3. The van der Waals surface area contributed by atoms with E-state index in [1.807, 2.05) is 0 Å². The Morgan fingerprint density at radius 1 is 0.583 bits per heavy atom. The quantitative estimate of drug-likeness (QED) is 0.527. The number of nitrogens with zero attached hydrogens (tertiary/aromatic N) is 6. The van der Waals surface area contributed by atoms with Gasteiger partial charge < -0.3 is 19.3 Å². The van der Waals surface area contributed by atoms with Crippen LogP contribution in [0.3, 0.4) is 0 Å². The Bertz CT molecular complexity index is 979. The first-order chi connectivity index (χ1) is 17.7. The van der Waals surface area contributed by atoms with E-state index in [0.29, 0.717) is 0 Å². The van der Waals surface area contributed by atoms with Crippen LogP contribution in [0, 0.1) is 0 Å². The summed E-state index contributed by atoms with van der Waals surface area (Å²) < 4.78 is 11.2. The highest BCUT2D eigenvalue weighted by Crippen LogP contribution is 2.46. The van der Waals surface area contributed by atoms with E-state index >= 15 is 0 Å². The molecule has 2 aromatic rings. The van der Waals surface area contributed by atoms with Gasteiger partial charge in [-0.15, -0.1) is 0 Å². The molecule has 10 heteroatoms. The third kappa shape index (κ3) is 4.46. The van der Waals surface area contributed by atoms with E-state index in [9.17, 15) is 0 Å². The first-order valence-corrected chi connectivity index (χ1v) is 13.4. The number of thiocarbonyl (C=S) groups is 2. The maximum absolute atomic E-state index is 6.24. The van der Waals surface area contributed by atoms with Gasteiger partial charge >= 0.3 is 0 Å². The minimum absolute atomic E-state index is 0.102. The lowest BCUT2D eigenvalue weighted by Crippen LogP contribution is -2.50. The van der Waals surface area contributed by atoms with Crippen LogP contribution in [0.2, 0.25) is 0 Å². The standard InChI is InChI=1S/C26H32N6O2S2/c35-25-29(19-27-11-15-33-16-12-27)23(21-7-3-1-4-8-21)31-26(36)30(20-28-13-17-34-18-14-28)24(32(25)31)22-9-5-2-6-10-22/h1-10,23-24H,11-20H2. The molecule has 0 amide bonds. The van der Waals surface area contributed by atoms with Crippen LogP contribution in [0.5, 0.6) is 0 Å². The number of rotatable bonds is 6. The Morgan fingerprint density at radius 3 is 1.31 bits per heavy atom. The Hall–Kier alpha value is -2.34. The van der Waals surface area contributed by atoms with Gasteiger partial charge in [0, 0.05) is 26.2 Å². The smallest absolute Gasteiger partial charge is 0.196 e. The van der Waals surface area contributed by atoms with Crippen molar-refractivity contribution in [2.24, 2.45) is 0 Å². The third-order valence-corrected chi connectivity index (χ3v) is 8.12. The fraction of sp³-hybridized carbons (Fsp3) is 0.462. The fourth-order valence-electron chi connectivity index (χ4n) is 5.45. The van der Waals surface area contributed by atoms with Gasteiger partial charge in [0.1, 0.15) is 0 Å². The topological polar surface area (TPSA) is 37.9 Å². The van der Waals surface area contributed by atoms with Crippen LogP contribution in [0.1, 0.15) is 23.5 Å². The van der Waals surface area contributed by atoms with Crippen LogP contribution in [0.15, 0.2) is 60.7 Å². The van der Waals surface area contributed by atoms with Crippen molar-refractivity contribution in [3.8, 4) is 0 Å². The Kier molecular flexibility index (Phi) is 7.05. The second-order valence-corrected chi connectivity index (χ2v) is 10.2. The van der Waals surface area contributed by atoms with Crippen LogP contribution in [0.4, 0.5) is 0 Å². The van der Waals surface area contributed by atoms with Crippen LogP contribution in [-0.4, -0.2) is 106 Å². The molecule has 4 saturated heterocycles. The molecule has 0 N–H and O–H groups in total. The molecule has 2 atom stereocenters. The minimum Gasteiger partial charge on any atom is -0.379 e. The van der Waals surface area contributed by atoms with Gasteiger partial charge in [-0.3, -0.25) is 9.80 Å². The lowest BCUT2D eigenvalue weighted by Gasteiger charge is -2.38. The molecule has 0 saturated carbocycles. The molecule has 4 aliphatic heterocycles. The summed E-state index contributed by atoms with van der Waals surface area (Å²) in [4.78, 5) is 9.48. The molecule has 190 valence electrons. The monoisotopic (exact) mass is 524 g/mol. The number of fused-ring (bicyclic) bond motifs is 1. The van der Waals surface area contributed by atoms with Crippen molar-refractivity contribution in [1.82, 2.24) is 29.6 Å². The van der Waals surface area contributed by atoms with Gasteiger partial charge in [-0.2, -0.15) is 0 Å². The number of hydrazine groups is 1. The van der Waals surface area contributed by atoms with Gasteiger partial charge in [0.2, 0.25) is 0 Å². The molecule has 36 heavy (non-hydrogen) atoms. The molecule has 4 fully saturated rings. The first-order valence-electron chi connectivity index (χ1n) is 12.6. The van der Waals surface area contributed by atoms with Gasteiger partial charge in [0.15, 0.2) is 22.6 Å². The van der Waals surface area contributed by atoms with Gasteiger partial charge in [-0.25, -0.2) is 10.0 Å². The van der Waals surface area contributed by atoms with Gasteiger partial charge in [-0.1, -0.05) is 60.7 Å². The van der Waals surface area contributed by atoms with E-state index in [1.165, 1.54) is 11.1 Å². The van der Waals surface area contributed by atoms with Crippen molar-refractivity contribution in [2.45, 2.75) is 12.3 Å². The SMILES string of the molecule is S=C1N(CN2CCOCC2)C(c2ccccc2)N2C(=S)N(CN3CCOCC3)C(c3ccccc3)N12. The highest BCUT2D eigenvalue weighted by atomic mass is 32.1. The summed E-state index contributed by atoms with van der Waals surface area (Å²) >= 11 is 12.5. The van der Waals surface area contributed by atoms with Crippen LogP contribution in [-0.2, 0) is 9.47 Å². The number of hydrogen-bond acceptors (Lipinski definition) is 6. The number of ether oxygens (including phenoxy) is 2. The molecule has 2 unspecified atom stereocenters. The van der Waals surface area contributed by atoms with E-state index in [1.54, 1.807) is 0 Å². The highest BCUT2D eigenvalue weighted by molar-refractivity contribution is 7.80. The van der Waals surface area contributed by atoms with Crippen molar-refractivity contribution in [3.63, 3.8) is 0 Å². The predicted octanol–water partition coefficient (Wildman–Crippen LogP) is 2.68. The zero-order valence-corrected chi connectivity index (χ0v) is 21.9. The Morgan fingerprint density at radius 2 is 0.944 bits per heavy atom. The van der Waals surface area contributed by atoms with Crippen molar-refractivity contribution in [2.75, 3.05) is 65.9 Å². The molecular weight excluding hydrogens is 492 g/mol. The summed E-state index contributed by atoms with van der Waals surface area (Å²) in [6, 6.07) is 21.2. The Balaban J connectivity index is 1.38. The van der Waals surface area contributed by atoms with Crippen molar-refractivity contribution < 1.29 is 9.47 Å². The molecule has 4 heterocycles. The third-order valence-electron chi connectivity index (χ3n) is 7.28. The summed E-state index contributed by atoms with van der Waals surface area (Å²) in [5.74, 6) is 0. The lowest BCUT2D eigenvalue weighted by atomic mass is 10.1. The molecule has 0 aromatic heterocycles. The van der Waals surface area contributed by atoms with Crippen molar-refractivity contribution >= 4 is 34.7 Å². The van der Waals surface area contributed by atoms with Crippen molar-refractivity contribution in [3.05, 3.63) is 71.8 Å². The molecule has 0 aliphatic carbocycles. The summed E-state index contributed by atoms with van der Waals surface area (Å²) in [7, 11) is 0. The largest absolute Gasteiger partial charge is 0.379 e. The average molecular weight is 525 g/mol. The summed E-state index contributed by atoms with van der Waals surface area (Å²) in [6.45, 7) is 8.08.